The Morgan fingerprint density at radius 2 is 1.66 bits per heavy atom. The molecule has 0 aliphatic rings. The number of amides is 1. The van der Waals surface area contributed by atoms with Crippen molar-refractivity contribution in [3.63, 3.8) is 0 Å². The van der Waals surface area contributed by atoms with Gasteiger partial charge >= 0.3 is 0 Å². The molecule has 35 heavy (non-hydrogen) atoms. The molecule has 1 heterocycles. The molecule has 0 N–H and O–H groups in total. The highest BCUT2D eigenvalue weighted by molar-refractivity contribution is 6.31. The third-order valence-corrected chi connectivity index (χ3v) is 6.96. The van der Waals surface area contributed by atoms with Crippen LogP contribution in [0.3, 0.4) is 0 Å². The lowest BCUT2D eigenvalue weighted by Gasteiger charge is -2.27. The van der Waals surface area contributed by atoms with E-state index in [9.17, 15) is 9.59 Å². The van der Waals surface area contributed by atoms with Crippen LogP contribution in [0.15, 0.2) is 89.7 Å². The van der Waals surface area contributed by atoms with Gasteiger partial charge in [-0.2, -0.15) is 0 Å². The van der Waals surface area contributed by atoms with Gasteiger partial charge in [-0.3, -0.25) is 14.2 Å². The van der Waals surface area contributed by atoms with Gasteiger partial charge in [0.2, 0.25) is 0 Å². The molecule has 1 amide bonds. The van der Waals surface area contributed by atoms with Crippen molar-refractivity contribution < 1.29 is 4.79 Å². The summed E-state index contributed by atoms with van der Waals surface area (Å²) in [7, 11) is 1.73. The first kappa shape index (κ1) is 22.8. The summed E-state index contributed by atoms with van der Waals surface area (Å²) in [5.74, 6) is 0.315. The highest BCUT2D eigenvalue weighted by Crippen LogP contribution is 2.27. The van der Waals surface area contributed by atoms with Crippen molar-refractivity contribution in [1.29, 1.82) is 0 Å². The molecular weight excluding hydrogens is 458 g/mol. The number of fused-ring (bicyclic) bond motifs is 2. The Labute approximate surface area is 208 Å². The lowest BCUT2D eigenvalue weighted by molar-refractivity contribution is 0.0735. The molecule has 1 unspecified atom stereocenters. The average Bonchev–Trinajstić information content (AvgIpc) is 2.89. The molecule has 0 aliphatic carbocycles. The van der Waals surface area contributed by atoms with Crippen LogP contribution < -0.4 is 5.56 Å². The van der Waals surface area contributed by atoms with E-state index in [1.807, 2.05) is 86.6 Å². The molecule has 174 valence electrons. The molecule has 0 bridgehead atoms. The second-order valence-electron chi connectivity index (χ2n) is 8.67. The predicted octanol–water partition coefficient (Wildman–Crippen LogP) is 6.33. The van der Waals surface area contributed by atoms with Crippen molar-refractivity contribution in [2.45, 2.75) is 19.9 Å². The van der Waals surface area contributed by atoms with Gasteiger partial charge in [0.15, 0.2) is 0 Å². The highest BCUT2D eigenvalue weighted by atomic mass is 35.5. The van der Waals surface area contributed by atoms with E-state index < -0.39 is 6.04 Å². The standard InChI is InChI=1S/C29H24ClN3O2/c1-18-24(30)12-8-14-26(18)33-27(31-25-13-7-6-11-23(25)29(33)35)19(2)32(3)28(34)22-16-15-20-9-4-5-10-21(20)17-22/h4-17,19H,1-3H3. The summed E-state index contributed by atoms with van der Waals surface area (Å²) in [6, 6.07) is 25.8. The zero-order valence-electron chi connectivity index (χ0n) is 19.7. The zero-order valence-corrected chi connectivity index (χ0v) is 20.5. The van der Waals surface area contributed by atoms with E-state index in [2.05, 4.69) is 0 Å². The van der Waals surface area contributed by atoms with Crippen LogP contribution in [0.25, 0.3) is 27.4 Å². The van der Waals surface area contributed by atoms with Crippen LogP contribution in [0.4, 0.5) is 0 Å². The topological polar surface area (TPSA) is 55.2 Å². The van der Waals surface area contributed by atoms with Crippen LogP contribution in [0.1, 0.15) is 34.7 Å². The summed E-state index contributed by atoms with van der Waals surface area (Å²) in [4.78, 5) is 33.7. The van der Waals surface area contributed by atoms with Crippen molar-refractivity contribution in [1.82, 2.24) is 14.5 Å². The quantitative estimate of drug-likeness (QED) is 0.301. The van der Waals surface area contributed by atoms with E-state index in [0.29, 0.717) is 33.0 Å². The molecule has 5 aromatic rings. The Kier molecular flexibility index (Phi) is 5.87. The molecule has 0 aliphatic heterocycles. The Hall–Kier alpha value is -3.96. The van der Waals surface area contributed by atoms with E-state index >= 15 is 0 Å². The molecule has 1 atom stereocenters. The van der Waals surface area contributed by atoms with Crippen LogP contribution in [-0.4, -0.2) is 27.4 Å². The van der Waals surface area contributed by atoms with E-state index in [1.54, 1.807) is 28.6 Å². The predicted molar refractivity (Wildman–Crippen MR) is 142 cm³/mol. The molecular formula is C29H24ClN3O2. The third kappa shape index (κ3) is 3.98. The van der Waals surface area contributed by atoms with Gasteiger partial charge in [-0.15, -0.1) is 0 Å². The number of benzene rings is 4. The zero-order chi connectivity index (χ0) is 24.7. The number of halogens is 1. The van der Waals surface area contributed by atoms with Gasteiger partial charge in [0, 0.05) is 17.6 Å². The van der Waals surface area contributed by atoms with Crippen molar-refractivity contribution in [2.24, 2.45) is 0 Å². The molecule has 5 nitrogen and oxygen atoms in total. The Morgan fingerprint density at radius 1 is 0.943 bits per heavy atom. The second kappa shape index (κ2) is 9.01. The fourth-order valence-corrected chi connectivity index (χ4v) is 4.55. The number of nitrogens with zero attached hydrogens (tertiary/aromatic N) is 3. The smallest absolute Gasteiger partial charge is 0.266 e. The number of para-hydroxylation sites is 1. The summed E-state index contributed by atoms with van der Waals surface area (Å²) in [6.45, 7) is 3.75. The molecule has 0 saturated carbocycles. The lowest BCUT2D eigenvalue weighted by Crippen LogP contribution is -2.35. The molecule has 5 rings (SSSR count). The summed E-state index contributed by atoms with van der Waals surface area (Å²) < 4.78 is 1.58. The maximum atomic E-state index is 13.7. The normalized spacial score (nSPS) is 12.1. The first-order valence-electron chi connectivity index (χ1n) is 11.4. The van der Waals surface area contributed by atoms with Crippen LogP contribution in [-0.2, 0) is 0 Å². The van der Waals surface area contributed by atoms with Crippen LogP contribution in [0, 0.1) is 6.92 Å². The summed E-state index contributed by atoms with van der Waals surface area (Å²) in [5.41, 5.74) is 2.38. The van der Waals surface area contributed by atoms with Gasteiger partial charge in [0.25, 0.3) is 11.5 Å². The largest absolute Gasteiger partial charge is 0.332 e. The maximum absolute atomic E-state index is 13.7. The van der Waals surface area contributed by atoms with Gasteiger partial charge in [-0.1, -0.05) is 60.1 Å². The SMILES string of the molecule is Cc1c(Cl)cccc1-n1c(C(C)N(C)C(=O)c2ccc3ccccc3c2)nc2ccccc2c1=O. The molecule has 0 saturated heterocycles. The summed E-state index contributed by atoms with van der Waals surface area (Å²) in [5, 5.41) is 3.13. The second-order valence-corrected chi connectivity index (χ2v) is 9.07. The van der Waals surface area contributed by atoms with Crippen molar-refractivity contribution in [3.8, 4) is 5.69 Å². The van der Waals surface area contributed by atoms with Crippen LogP contribution >= 0.6 is 11.6 Å². The molecule has 1 aromatic heterocycles. The Morgan fingerprint density at radius 3 is 2.46 bits per heavy atom. The first-order chi connectivity index (χ1) is 16.9. The fraction of sp³-hybridized carbons (Fsp3) is 0.138. The average molecular weight is 482 g/mol. The molecule has 0 fully saturated rings. The van der Waals surface area contributed by atoms with Gasteiger partial charge in [0.05, 0.1) is 22.6 Å². The number of hydrogen-bond acceptors (Lipinski definition) is 3. The van der Waals surface area contributed by atoms with Gasteiger partial charge < -0.3 is 4.90 Å². The van der Waals surface area contributed by atoms with Crippen molar-refractivity contribution in [3.05, 3.63) is 117 Å². The fourth-order valence-electron chi connectivity index (χ4n) is 4.38. The number of carbonyl (C=O) groups is 1. The van der Waals surface area contributed by atoms with Gasteiger partial charge in [-0.05, 0) is 66.6 Å². The molecule has 0 radical (unpaired) electrons. The maximum Gasteiger partial charge on any atom is 0.266 e. The summed E-state index contributed by atoms with van der Waals surface area (Å²) in [6.07, 6.45) is 0. The van der Waals surface area contributed by atoms with Crippen molar-refractivity contribution in [2.75, 3.05) is 7.05 Å². The van der Waals surface area contributed by atoms with E-state index in [0.717, 1.165) is 16.3 Å². The first-order valence-corrected chi connectivity index (χ1v) is 11.8. The Balaban J connectivity index is 1.65. The van der Waals surface area contributed by atoms with Gasteiger partial charge in [-0.25, -0.2) is 4.98 Å². The monoisotopic (exact) mass is 481 g/mol. The minimum atomic E-state index is -0.496. The van der Waals surface area contributed by atoms with Crippen molar-refractivity contribution >= 4 is 39.2 Å². The van der Waals surface area contributed by atoms with Crippen LogP contribution in [0.2, 0.25) is 5.02 Å². The summed E-state index contributed by atoms with van der Waals surface area (Å²) >= 11 is 6.41. The third-order valence-electron chi connectivity index (χ3n) is 6.55. The Bertz CT molecular complexity index is 1660. The number of carbonyl (C=O) groups excluding carboxylic acids is 1. The van der Waals surface area contributed by atoms with Crippen LogP contribution in [0.5, 0.6) is 0 Å². The number of rotatable bonds is 4. The molecule has 0 spiro atoms. The van der Waals surface area contributed by atoms with E-state index in [4.69, 9.17) is 16.6 Å². The molecule has 6 heteroatoms. The minimum absolute atomic E-state index is 0.153. The lowest BCUT2D eigenvalue weighted by atomic mass is 10.1. The number of aromatic nitrogens is 2. The van der Waals surface area contributed by atoms with E-state index in [-0.39, 0.29) is 11.5 Å². The molecule has 4 aromatic carbocycles. The highest BCUT2D eigenvalue weighted by Gasteiger charge is 2.25. The number of hydrogen-bond donors (Lipinski definition) is 0. The van der Waals surface area contributed by atoms with E-state index in [1.165, 1.54) is 0 Å². The van der Waals surface area contributed by atoms with Gasteiger partial charge in [0.1, 0.15) is 5.82 Å². The minimum Gasteiger partial charge on any atom is -0.332 e.